The van der Waals surface area contributed by atoms with Crippen molar-refractivity contribution in [1.29, 1.82) is 0 Å². The zero-order valence-corrected chi connectivity index (χ0v) is 10.6. The number of carbonyl (C=O) groups is 3. The summed E-state index contributed by atoms with van der Waals surface area (Å²) in [7, 11) is 0. The number of hydrogen-bond acceptors (Lipinski definition) is 4. The van der Waals surface area contributed by atoms with Crippen molar-refractivity contribution in [3.8, 4) is 0 Å². The number of carboxylic acid groups (broad SMARTS) is 1. The highest BCUT2D eigenvalue weighted by Gasteiger charge is 2.22. The minimum atomic E-state index is -1.18. The first-order valence-corrected chi connectivity index (χ1v) is 6.21. The van der Waals surface area contributed by atoms with Gasteiger partial charge in [0.2, 0.25) is 5.91 Å². The quantitative estimate of drug-likeness (QED) is 0.699. The second kappa shape index (κ2) is 6.15. The Bertz CT molecular complexity index is 469. The number of aliphatic carboxylic acids is 1. The van der Waals surface area contributed by atoms with Gasteiger partial charge in [0.25, 0.3) is 5.91 Å². The Hall–Kier alpha value is -1.89. The van der Waals surface area contributed by atoms with E-state index in [1.165, 1.54) is 11.3 Å². The number of thiophene rings is 1. The van der Waals surface area contributed by atoms with Gasteiger partial charge in [-0.25, -0.2) is 4.79 Å². The number of nitrogens with two attached hydrogens (primary N) is 1. The molecule has 0 aliphatic rings. The Labute approximate surface area is 108 Å². The van der Waals surface area contributed by atoms with Crippen LogP contribution < -0.4 is 11.1 Å². The lowest BCUT2D eigenvalue weighted by molar-refractivity contribution is -0.139. The predicted octanol–water partition coefficient (Wildman–Crippen LogP) is 0.505. The summed E-state index contributed by atoms with van der Waals surface area (Å²) in [6, 6.07) is -1.11. The van der Waals surface area contributed by atoms with Gasteiger partial charge in [-0.2, -0.15) is 11.3 Å². The standard InChI is InChI=1S/C11H14N2O4S/c1-6-4-18-5-7(6)10(15)13-8(11(16)17)2-3-9(12)14/h4-5,8H,2-3H2,1H3,(H2,12,14)(H,13,15)(H,16,17)/t8-/m0/s1. The monoisotopic (exact) mass is 270 g/mol. The summed E-state index contributed by atoms with van der Waals surface area (Å²) in [6.45, 7) is 1.77. The third-order valence-electron chi connectivity index (χ3n) is 2.38. The van der Waals surface area contributed by atoms with E-state index in [2.05, 4.69) is 5.32 Å². The Morgan fingerprint density at radius 2 is 2.11 bits per heavy atom. The van der Waals surface area contributed by atoms with Crippen LogP contribution in [0.4, 0.5) is 0 Å². The van der Waals surface area contributed by atoms with E-state index in [-0.39, 0.29) is 12.8 Å². The number of nitrogens with one attached hydrogen (secondary N) is 1. The largest absolute Gasteiger partial charge is 0.480 e. The average Bonchev–Trinajstić information content (AvgIpc) is 2.69. The van der Waals surface area contributed by atoms with Crippen molar-refractivity contribution in [3.63, 3.8) is 0 Å². The second-order valence-corrected chi connectivity index (χ2v) is 4.58. The van der Waals surface area contributed by atoms with Gasteiger partial charge < -0.3 is 16.2 Å². The number of rotatable bonds is 6. The highest BCUT2D eigenvalue weighted by molar-refractivity contribution is 7.08. The average molecular weight is 270 g/mol. The van der Waals surface area contributed by atoms with Gasteiger partial charge in [-0.1, -0.05) is 0 Å². The van der Waals surface area contributed by atoms with Crippen LogP contribution in [0.5, 0.6) is 0 Å². The molecule has 1 atom stereocenters. The Morgan fingerprint density at radius 3 is 2.56 bits per heavy atom. The summed E-state index contributed by atoms with van der Waals surface area (Å²) in [5.41, 5.74) is 6.19. The van der Waals surface area contributed by atoms with Crippen LogP contribution in [0.25, 0.3) is 0 Å². The normalized spacial score (nSPS) is 11.8. The zero-order chi connectivity index (χ0) is 13.7. The van der Waals surface area contributed by atoms with Gasteiger partial charge >= 0.3 is 5.97 Å². The molecule has 98 valence electrons. The minimum Gasteiger partial charge on any atom is -0.480 e. The Balaban J connectivity index is 2.67. The molecule has 1 aromatic heterocycles. The van der Waals surface area contributed by atoms with Gasteiger partial charge in [-0.05, 0) is 24.3 Å². The third-order valence-corrected chi connectivity index (χ3v) is 3.24. The molecular weight excluding hydrogens is 256 g/mol. The van der Waals surface area contributed by atoms with Crippen molar-refractivity contribution in [3.05, 3.63) is 21.9 Å². The fraction of sp³-hybridized carbons (Fsp3) is 0.364. The van der Waals surface area contributed by atoms with Crippen molar-refractivity contribution in [2.24, 2.45) is 5.73 Å². The van der Waals surface area contributed by atoms with Crippen LogP contribution in [0.2, 0.25) is 0 Å². The lowest BCUT2D eigenvalue weighted by Gasteiger charge is -2.13. The molecule has 2 amide bonds. The summed E-state index contributed by atoms with van der Waals surface area (Å²) in [4.78, 5) is 33.4. The highest BCUT2D eigenvalue weighted by Crippen LogP contribution is 2.13. The number of aryl methyl sites for hydroxylation is 1. The first-order chi connectivity index (χ1) is 8.41. The van der Waals surface area contributed by atoms with Crippen molar-refractivity contribution in [2.75, 3.05) is 0 Å². The molecule has 0 aliphatic heterocycles. The molecule has 1 heterocycles. The molecule has 7 heteroatoms. The van der Waals surface area contributed by atoms with E-state index in [4.69, 9.17) is 10.8 Å². The minimum absolute atomic E-state index is 0.0143. The van der Waals surface area contributed by atoms with E-state index in [1.807, 2.05) is 0 Å². The molecule has 0 saturated carbocycles. The van der Waals surface area contributed by atoms with Crippen LogP contribution in [-0.2, 0) is 9.59 Å². The van der Waals surface area contributed by atoms with Crippen molar-refractivity contribution in [2.45, 2.75) is 25.8 Å². The maximum atomic E-state index is 11.8. The van der Waals surface area contributed by atoms with Crippen LogP contribution in [0.15, 0.2) is 10.8 Å². The second-order valence-electron chi connectivity index (χ2n) is 3.84. The lowest BCUT2D eigenvalue weighted by atomic mass is 10.1. The molecule has 18 heavy (non-hydrogen) atoms. The molecule has 0 radical (unpaired) electrons. The van der Waals surface area contributed by atoms with Gasteiger partial charge in [-0.3, -0.25) is 9.59 Å². The van der Waals surface area contributed by atoms with Crippen molar-refractivity contribution < 1.29 is 19.5 Å². The summed E-state index contributed by atoms with van der Waals surface area (Å²) in [5, 5.41) is 14.8. The molecule has 0 unspecified atom stereocenters. The summed E-state index contributed by atoms with van der Waals surface area (Å²) < 4.78 is 0. The van der Waals surface area contributed by atoms with Gasteiger partial charge in [0.05, 0.1) is 5.56 Å². The summed E-state index contributed by atoms with van der Waals surface area (Å²) >= 11 is 1.37. The first-order valence-electron chi connectivity index (χ1n) is 5.26. The van der Waals surface area contributed by atoms with Gasteiger partial charge in [0.1, 0.15) is 6.04 Å². The molecule has 0 aromatic carbocycles. The van der Waals surface area contributed by atoms with E-state index in [9.17, 15) is 14.4 Å². The zero-order valence-electron chi connectivity index (χ0n) is 9.80. The van der Waals surface area contributed by atoms with Crippen LogP contribution in [0.1, 0.15) is 28.8 Å². The summed E-state index contributed by atoms with van der Waals surface area (Å²) in [6.07, 6.45) is -0.0978. The van der Waals surface area contributed by atoms with E-state index < -0.39 is 23.8 Å². The molecule has 0 spiro atoms. The topological polar surface area (TPSA) is 109 Å². The number of carbonyl (C=O) groups excluding carboxylic acids is 2. The molecule has 4 N–H and O–H groups in total. The van der Waals surface area contributed by atoms with Crippen LogP contribution in [0, 0.1) is 6.92 Å². The fourth-order valence-corrected chi connectivity index (χ4v) is 2.20. The van der Waals surface area contributed by atoms with E-state index in [0.717, 1.165) is 5.56 Å². The van der Waals surface area contributed by atoms with Crippen molar-refractivity contribution >= 4 is 29.1 Å². The van der Waals surface area contributed by atoms with E-state index >= 15 is 0 Å². The lowest BCUT2D eigenvalue weighted by Crippen LogP contribution is -2.41. The molecule has 0 saturated heterocycles. The fourth-order valence-electron chi connectivity index (χ4n) is 1.37. The molecular formula is C11H14N2O4S. The number of carboxylic acids is 1. The van der Waals surface area contributed by atoms with Crippen LogP contribution in [0.3, 0.4) is 0 Å². The van der Waals surface area contributed by atoms with Crippen LogP contribution >= 0.6 is 11.3 Å². The predicted molar refractivity (Wildman–Crippen MR) is 66.4 cm³/mol. The molecule has 1 rings (SSSR count). The number of primary amides is 1. The first kappa shape index (κ1) is 14.2. The molecule has 0 fully saturated rings. The smallest absolute Gasteiger partial charge is 0.326 e. The maximum Gasteiger partial charge on any atom is 0.326 e. The number of amides is 2. The SMILES string of the molecule is Cc1cscc1C(=O)N[C@@H](CCC(N)=O)C(=O)O. The molecule has 0 aliphatic carbocycles. The van der Waals surface area contributed by atoms with E-state index in [0.29, 0.717) is 5.56 Å². The third kappa shape index (κ3) is 3.85. The summed E-state index contributed by atoms with van der Waals surface area (Å²) in [5.74, 6) is -2.23. The van der Waals surface area contributed by atoms with Crippen molar-refractivity contribution in [1.82, 2.24) is 5.32 Å². The Kier molecular flexibility index (Phi) is 4.85. The van der Waals surface area contributed by atoms with Gasteiger partial charge in [-0.15, -0.1) is 0 Å². The maximum absolute atomic E-state index is 11.8. The molecule has 6 nitrogen and oxygen atoms in total. The van der Waals surface area contributed by atoms with Gasteiger partial charge in [0.15, 0.2) is 0 Å². The Morgan fingerprint density at radius 1 is 1.44 bits per heavy atom. The van der Waals surface area contributed by atoms with Gasteiger partial charge in [0, 0.05) is 11.8 Å². The van der Waals surface area contributed by atoms with Crippen LogP contribution in [-0.4, -0.2) is 28.9 Å². The van der Waals surface area contributed by atoms with E-state index in [1.54, 1.807) is 17.7 Å². The molecule has 1 aromatic rings. The molecule has 0 bridgehead atoms. The highest BCUT2D eigenvalue weighted by atomic mass is 32.1. The number of hydrogen-bond donors (Lipinski definition) is 3.